The first-order chi connectivity index (χ1) is 8.08. The predicted molar refractivity (Wildman–Crippen MR) is 64.9 cm³/mol. The summed E-state index contributed by atoms with van der Waals surface area (Å²) < 4.78 is 0. The summed E-state index contributed by atoms with van der Waals surface area (Å²) in [4.78, 5) is 17.4. The van der Waals surface area contributed by atoms with Crippen molar-refractivity contribution in [2.45, 2.75) is 18.9 Å². The number of aliphatic hydroxyl groups is 1. The summed E-state index contributed by atoms with van der Waals surface area (Å²) in [5, 5.41) is 10.1. The van der Waals surface area contributed by atoms with Crippen LogP contribution in [-0.4, -0.2) is 40.6 Å². The minimum Gasteiger partial charge on any atom is -0.391 e. The molecule has 0 spiro atoms. The van der Waals surface area contributed by atoms with E-state index in [9.17, 15) is 9.90 Å². The van der Waals surface area contributed by atoms with E-state index in [-0.39, 0.29) is 5.91 Å². The zero-order chi connectivity index (χ0) is 12.4. The number of likely N-dealkylation sites (N-methyl/N-ethyl adjacent to an activating group) is 1. The van der Waals surface area contributed by atoms with Crippen molar-refractivity contribution >= 4 is 17.5 Å². The van der Waals surface area contributed by atoms with Crippen LogP contribution in [0.4, 0.5) is 0 Å². The molecular formula is C12H15ClN2O2. The van der Waals surface area contributed by atoms with E-state index in [0.717, 1.165) is 12.8 Å². The van der Waals surface area contributed by atoms with Crippen LogP contribution in [-0.2, 0) is 0 Å². The maximum absolute atomic E-state index is 12.0. The quantitative estimate of drug-likeness (QED) is 0.830. The van der Waals surface area contributed by atoms with Crippen LogP contribution < -0.4 is 0 Å². The summed E-state index contributed by atoms with van der Waals surface area (Å²) in [5.74, 6) is 0.224. The summed E-state index contributed by atoms with van der Waals surface area (Å²) in [6.45, 7) is 0.367. The average Bonchev–Trinajstić information content (AvgIpc) is 3.12. The zero-order valence-electron chi connectivity index (χ0n) is 9.64. The van der Waals surface area contributed by atoms with Gasteiger partial charge in [-0.25, -0.2) is 4.98 Å². The highest BCUT2D eigenvalue weighted by Crippen LogP contribution is 2.32. The van der Waals surface area contributed by atoms with Crippen molar-refractivity contribution in [3.8, 4) is 0 Å². The van der Waals surface area contributed by atoms with Crippen molar-refractivity contribution in [2.24, 2.45) is 5.92 Å². The Morgan fingerprint density at radius 2 is 2.35 bits per heavy atom. The maximum atomic E-state index is 12.0. The Balaban J connectivity index is 1.96. The highest BCUT2D eigenvalue weighted by molar-refractivity contribution is 6.29. The van der Waals surface area contributed by atoms with Crippen LogP contribution in [0.3, 0.4) is 0 Å². The number of rotatable bonds is 4. The molecule has 0 bridgehead atoms. The van der Waals surface area contributed by atoms with Crippen LogP contribution in [0.25, 0.3) is 0 Å². The summed E-state index contributed by atoms with van der Waals surface area (Å²) in [7, 11) is 1.68. The Morgan fingerprint density at radius 1 is 1.65 bits per heavy atom. The molecule has 1 aromatic heterocycles. The van der Waals surface area contributed by atoms with Crippen molar-refractivity contribution in [1.82, 2.24) is 9.88 Å². The van der Waals surface area contributed by atoms with Gasteiger partial charge in [-0.05, 0) is 30.9 Å². The van der Waals surface area contributed by atoms with E-state index in [1.54, 1.807) is 19.2 Å². The molecule has 0 aromatic carbocycles. The summed E-state index contributed by atoms with van der Waals surface area (Å²) in [5.41, 5.74) is 0.486. The van der Waals surface area contributed by atoms with Crippen LogP contribution in [0.15, 0.2) is 18.3 Å². The van der Waals surface area contributed by atoms with Crippen molar-refractivity contribution in [3.05, 3.63) is 29.0 Å². The lowest BCUT2D eigenvalue weighted by atomic mass is 10.2. The fourth-order valence-corrected chi connectivity index (χ4v) is 1.83. The lowest BCUT2D eigenvalue weighted by molar-refractivity contribution is 0.0645. The fourth-order valence-electron chi connectivity index (χ4n) is 1.72. The lowest BCUT2D eigenvalue weighted by Gasteiger charge is -2.20. The second kappa shape index (κ2) is 5.02. The number of halogens is 1. The van der Waals surface area contributed by atoms with Crippen LogP contribution in [0, 0.1) is 5.92 Å². The maximum Gasteiger partial charge on any atom is 0.255 e. The molecule has 2 rings (SSSR count). The monoisotopic (exact) mass is 254 g/mol. The molecule has 17 heavy (non-hydrogen) atoms. The Hall–Kier alpha value is -1.13. The second-order valence-electron chi connectivity index (χ2n) is 4.46. The van der Waals surface area contributed by atoms with Gasteiger partial charge in [0, 0.05) is 19.8 Å². The Morgan fingerprint density at radius 3 is 2.88 bits per heavy atom. The van der Waals surface area contributed by atoms with Gasteiger partial charge in [-0.1, -0.05) is 11.6 Å². The standard InChI is InChI=1S/C12H15ClN2O2/c1-15(7-10(16)8-2-3-8)12(17)9-4-5-11(13)14-6-9/h4-6,8,10,16H,2-3,7H2,1H3. The van der Waals surface area contributed by atoms with Crippen LogP contribution in [0.1, 0.15) is 23.2 Å². The molecule has 1 heterocycles. The van der Waals surface area contributed by atoms with Gasteiger partial charge in [-0.3, -0.25) is 4.79 Å². The highest BCUT2D eigenvalue weighted by Gasteiger charge is 2.31. The lowest BCUT2D eigenvalue weighted by Crippen LogP contribution is -2.35. The molecule has 0 radical (unpaired) electrons. The molecule has 1 amide bonds. The normalized spacial score (nSPS) is 16.6. The van der Waals surface area contributed by atoms with Crippen LogP contribution >= 0.6 is 11.6 Å². The first-order valence-corrected chi connectivity index (χ1v) is 6.01. The number of aliphatic hydroxyl groups excluding tert-OH is 1. The molecule has 1 unspecified atom stereocenters. The molecule has 0 aliphatic heterocycles. The van der Waals surface area contributed by atoms with Gasteiger partial charge in [0.1, 0.15) is 5.15 Å². The molecule has 1 aromatic rings. The molecule has 1 fully saturated rings. The van der Waals surface area contributed by atoms with Gasteiger partial charge in [0.05, 0.1) is 11.7 Å². The van der Waals surface area contributed by atoms with E-state index >= 15 is 0 Å². The van der Waals surface area contributed by atoms with E-state index in [1.807, 2.05) is 0 Å². The third-order valence-corrected chi connectivity index (χ3v) is 3.17. The number of hydrogen-bond acceptors (Lipinski definition) is 3. The number of carbonyl (C=O) groups is 1. The molecule has 4 nitrogen and oxygen atoms in total. The van der Waals surface area contributed by atoms with Gasteiger partial charge in [0.15, 0.2) is 0 Å². The van der Waals surface area contributed by atoms with E-state index in [2.05, 4.69) is 4.98 Å². The van der Waals surface area contributed by atoms with E-state index in [4.69, 9.17) is 11.6 Å². The average molecular weight is 255 g/mol. The van der Waals surface area contributed by atoms with Gasteiger partial charge in [0.2, 0.25) is 0 Å². The molecule has 1 aliphatic rings. The van der Waals surface area contributed by atoms with E-state index in [1.165, 1.54) is 11.1 Å². The van der Waals surface area contributed by atoms with Crippen molar-refractivity contribution < 1.29 is 9.90 Å². The van der Waals surface area contributed by atoms with E-state index < -0.39 is 6.10 Å². The minimum absolute atomic E-state index is 0.145. The van der Waals surface area contributed by atoms with Gasteiger partial charge < -0.3 is 10.0 Å². The smallest absolute Gasteiger partial charge is 0.255 e. The third-order valence-electron chi connectivity index (χ3n) is 2.95. The summed E-state index contributed by atoms with van der Waals surface area (Å²) >= 11 is 5.65. The molecule has 1 atom stereocenters. The minimum atomic E-state index is -0.413. The molecular weight excluding hydrogens is 240 g/mol. The van der Waals surface area contributed by atoms with Gasteiger partial charge in [-0.2, -0.15) is 0 Å². The number of amides is 1. The topological polar surface area (TPSA) is 53.4 Å². The predicted octanol–water partition coefficient (Wildman–Crippen LogP) is 1.58. The van der Waals surface area contributed by atoms with Gasteiger partial charge in [0.25, 0.3) is 5.91 Å². The van der Waals surface area contributed by atoms with Crippen LogP contribution in [0.2, 0.25) is 5.15 Å². The number of pyridine rings is 1. The molecule has 92 valence electrons. The van der Waals surface area contributed by atoms with Crippen molar-refractivity contribution in [1.29, 1.82) is 0 Å². The Bertz CT molecular complexity index is 403. The molecule has 5 heteroatoms. The van der Waals surface area contributed by atoms with Crippen LogP contribution in [0.5, 0.6) is 0 Å². The molecule has 1 aliphatic carbocycles. The number of nitrogens with zero attached hydrogens (tertiary/aromatic N) is 2. The molecule has 0 saturated heterocycles. The SMILES string of the molecule is CN(CC(O)C1CC1)C(=O)c1ccc(Cl)nc1. The Kier molecular flexibility index (Phi) is 3.64. The second-order valence-corrected chi connectivity index (χ2v) is 4.85. The number of aromatic nitrogens is 1. The fraction of sp³-hybridized carbons (Fsp3) is 0.500. The largest absolute Gasteiger partial charge is 0.391 e. The zero-order valence-corrected chi connectivity index (χ0v) is 10.4. The molecule has 1 N–H and O–H groups in total. The van der Waals surface area contributed by atoms with E-state index in [0.29, 0.717) is 23.2 Å². The van der Waals surface area contributed by atoms with Crippen molar-refractivity contribution in [3.63, 3.8) is 0 Å². The summed E-state index contributed by atoms with van der Waals surface area (Å²) in [6, 6.07) is 3.22. The third kappa shape index (κ3) is 3.17. The van der Waals surface area contributed by atoms with Crippen molar-refractivity contribution in [2.75, 3.05) is 13.6 Å². The first kappa shape index (κ1) is 12.3. The summed E-state index contributed by atoms with van der Waals surface area (Å²) in [6.07, 6.45) is 3.16. The number of hydrogen-bond donors (Lipinski definition) is 1. The Labute approximate surface area is 105 Å². The first-order valence-electron chi connectivity index (χ1n) is 5.63. The van der Waals surface area contributed by atoms with Gasteiger partial charge >= 0.3 is 0 Å². The highest BCUT2D eigenvalue weighted by atomic mass is 35.5. The van der Waals surface area contributed by atoms with Gasteiger partial charge in [-0.15, -0.1) is 0 Å². The molecule has 1 saturated carbocycles. The number of carbonyl (C=O) groups excluding carboxylic acids is 1.